The Balaban J connectivity index is 2.03. The van der Waals surface area contributed by atoms with Crippen LogP contribution in [0, 0.1) is 5.92 Å². The van der Waals surface area contributed by atoms with Gasteiger partial charge in [0.15, 0.2) is 0 Å². The Hall–Kier alpha value is -14.4. The third-order valence-electron chi connectivity index (χ3n) is 19.7. The second-order valence-corrected chi connectivity index (χ2v) is 31.2. The molecule has 18 amide bonds. The van der Waals surface area contributed by atoms with Gasteiger partial charge in [0, 0.05) is 56.8 Å². The molecule has 52 nitrogen and oxygen atoms in total. The molecule has 34 N–H and O–H groups in total. The van der Waals surface area contributed by atoms with Gasteiger partial charge in [-0.05, 0) is 108 Å². The van der Waals surface area contributed by atoms with Crippen LogP contribution in [0.25, 0.3) is 0 Å². The van der Waals surface area contributed by atoms with Gasteiger partial charge in [-0.25, -0.2) is 9.78 Å². The number of hydrogen-bond donors (Lipinski definition) is 29. The molecular weight excluding hydrogens is 1750 g/mol. The van der Waals surface area contributed by atoms with E-state index in [0.29, 0.717) is 5.69 Å². The highest BCUT2D eigenvalue weighted by atomic mass is 16.4. The van der Waals surface area contributed by atoms with E-state index in [0.717, 1.165) is 27.7 Å². The predicted octanol–water partition coefficient (Wildman–Crippen LogP) is -11.0. The van der Waals surface area contributed by atoms with Crippen LogP contribution in [0.1, 0.15) is 142 Å². The van der Waals surface area contributed by atoms with Crippen molar-refractivity contribution >= 4 is 130 Å². The number of nitrogens with two attached hydrogens (primary N) is 5. The van der Waals surface area contributed by atoms with Crippen LogP contribution in [-0.2, 0) is 125 Å². The molecule has 0 aliphatic heterocycles. The molecule has 0 aliphatic carbocycles. The number of hydrogen-bond acceptors (Lipinski definition) is 29. The summed E-state index contributed by atoms with van der Waals surface area (Å²) in [5, 5.41) is 114. The van der Waals surface area contributed by atoms with E-state index in [1.165, 1.54) is 74.9 Å². The number of benzene rings is 2. The maximum atomic E-state index is 14.8. The molecule has 728 valence electrons. The van der Waals surface area contributed by atoms with E-state index in [-0.39, 0.29) is 49.1 Å². The normalized spacial score (nSPS) is 15.2. The molecule has 52 heteroatoms. The molecule has 132 heavy (non-hydrogen) atoms. The van der Waals surface area contributed by atoms with Crippen LogP contribution in [0.2, 0.25) is 0 Å². The second kappa shape index (κ2) is 56.1. The number of aromatic hydroxyl groups is 1. The van der Waals surface area contributed by atoms with Crippen molar-refractivity contribution in [2.75, 3.05) is 13.2 Å². The van der Waals surface area contributed by atoms with Gasteiger partial charge in [0.1, 0.15) is 96.4 Å². The van der Waals surface area contributed by atoms with Gasteiger partial charge in [0.05, 0.1) is 44.0 Å². The Morgan fingerprint density at radius 3 is 1.11 bits per heavy atom. The molecular formula is C80H118N22O30. The summed E-state index contributed by atoms with van der Waals surface area (Å²) < 4.78 is 0. The van der Waals surface area contributed by atoms with Crippen molar-refractivity contribution in [3.8, 4) is 5.75 Å². The van der Waals surface area contributed by atoms with Gasteiger partial charge >= 0.3 is 23.9 Å². The largest absolute Gasteiger partial charge is 0.508 e. The van der Waals surface area contributed by atoms with Crippen LogP contribution in [0.5, 0.6) is 5.75 Å². The van der Waals surface area contributed by atoms with Crippen molar-refractivity contribution in [1.82, 2.24) is 89.7 Å². The lowest BCUT2D eigenvalue weighted by Crippen LogP contribution is -2.62. The summed E-state index contributed by atoms with van der Waals surface area (Å²) in [6.45, 7) is 6.03. The first-order valence-electron chi connectivity index (χ1n) is 41.5. The molecule has 3 rings (SSSR count). The van der Waals surface area contributed by atoms with E-state index in [9.17, 15) is 146 Å². The fourth-order valence-corrected chi connectivity index (χ4v) is 12.4. The molecule has 1 heterocycles. The van der Waals surface area contributed by atoms with Gasteiger partial charge in [-0.3, -0.25) is 101 Å². The number of H-pyrrole nitrogens is 1. The van der Waals surface area contributed by atoms with Crippen LogP contribution in [0.4, 0.5) is 0 Å². The Bertz CT molecular complexity index is 4520. The summed E-state index contributed by atoms with van der Waals surface area (Å²) in [5.74, 6) is -29.5. The Morgan fingerprint density at radius 2 is 0.712 bits per heavy atom. The van der Waals surface area contributed by atoms with Gasteiger partial charge in [-0.15, -0.1) is 0 Å². The first kappa shape index (κ1) is 112. The molecule has 2 aromatic carbocycles. The minimum absolute atomic E-state index is 0.0223. The number of aromatic amines is 1. The van der Waals surface area contributed by atoms with E-state index in [2.05, 4.69) is 84.4 Å². The van der Waals surface area contributed by atoms with E-state index in [4.69, 9.17) is 28.7 Å². The molecule has 1 aromatic heterocycles. The average Bonchev–Trinajstić information content (AvgIpc) is 1.22. The number of primary amides is 3. The number of carboxylic acids is 4. The number of phenols is 1. The van der Waals surface area contributed by atoms with Crippen LogP contribution in [0.3, 0.4) is 0 Å². The third-order valence-corrected chi connectivity index (χ3v) is 19.7. The number of aliphatic hydroxyl groups excluding tert-OH is 3. The Kier molecular flexibility index (Phi) is 47.5. The standard InChI is InChI=1S/C80H118N22O30/c1-36(2)62(100-76(127)54(32-61(114)115)95-67(118)45(82)30-43-33-86-35-87-43)77(128)92-50(22-26-60(112)113)72(123)102-64(40(6)105)78(129)93-48(20-24-57(84)108)70(121)96-51(28-41-12-8-7-9-13-41)74(125)98-53(31-58(85)109)75(126)91-47(19-23-56(83)107)69(120)97-52(29-42-15-17-44(106)18-16-42)73(124)90-46(14-10-11-27-81)71(122)101-63(39(5)104)79(130)94-49(21-25-59(110)111)68(119)89-37(3)65(116)88-38(4)66(117)99-55(34-103)80(131)132/h7-9,12-13,15-18,33,35-40,45-55,62-64,103-106H,10-11,14,19-32,34,81-82H2,1-6H3,(H2,83,107)(H2,84,108)(H2,85,109)(H,86,87)(H,88,116)(H,89,119)(H,90,124)(H,91,126)(H,92,128)(H,93,129)(H,94,130)(H,95,118)(H,96,121)(H,97,120)(H,98,125)(H,99,117)(H,100,127)(H,101,122)(H,102,123)(H,110,111)(H,112,113)(H,114,115)(H,131,132)/t37-,38-,39+,40+,45-,46-,47-,48-,49-,50-,51-,52-,53-,54-,55-,62-,63-,64-/m0/s1. The van der Waals surface area contributed by atoms with Crippen molar-refractivity contribution in [2.45, 2.75) is 253 Å². The smallest absolute Gasteiger partial charge is 0.328 e. The summed E-state index contributed by atoms with van der Waals surface area (Å²) in [5.41, 5.74) is 29.2. The molecule has 0 unspecified atom stereocenters. The highest BCUT2D eigenvalue weighted by Gasteiger charge is 2.41. The van der Waals surface area contributed by atoms with Crippen LogP contribution in [0.15, 0.2) is 67.1 Å². The van der Waals surface area contributed by atoms with E-state index in [1.807, 2.05) is 5.32 Å². The van der Waals surface area contributed by atoms with E-state index in [1.54, 1.807) is 6.07 Å². The minimum Gasteiger partial charge on any atom is -0.508 e. The number of imidazole rings is 1. The van der Waals surface area contributed by atoms with Crippen molar-refractivity contribution in [3.05, 3.63) is 83.9 Å². The number of phenolic OH excluding ortho intramolecular Hbond substituents is 1. The van der Waals surface area contributed by atoms with E-state index >= 15 is 0 Å². The number of rotatable bonds is 61. The molecule has 18 atom stereocenters. The average molecular weight is 1870 g/mol. The van der Waals surface area contributed by atoms with Crippen LogP contribution in [-0.4, -0.2) is 303 Å². The summed E-state index contributed by atoms with van der Waals surface area (Å²) in [4.78, 5) is 303. The van der Waals surface area contributed by atoms with Crippen molar-refractivity contribution in [3.63, 3.8) is 0 Å². The zero-order valence-electron chi connectivity index (χ0n) is 72.9. The Labute approximate surface area is 754 Å². The first-order valence-corrected chi connectivity index (χ1v) is 41.5. The topological polar surface area (TPSA) is 877 Å². The summed E-state index contributed by atoms with van der Waals surface area (Å²) in [6, 6.07) is -16.8. The number of carboxylic acid groups (broad SMARTS) is 4. The lowest BCUT2D eigenvalue weighted by Gasteiger charge is -2.29. The number of aliphatic carboxylic acids is 4. The molecule has 0 aliphatic rings. The third kappa shape index (κ3) is 40.5. The number of carbonyl (C=O) groups excluding carboxylic acids is 18. The maximum Gasteiger partial charge on any atom is 0.328 e. The van der Waals surface area contributed by atoms with Gasteiger partial charge in [-0.1, -0.05) is 56.3 Å². The summed E-state index contributed by atoms with van der Waals surface area (Å²) >= 11 is 0. The van der Waals surface area contributed by atoms with Crippen molar-refractivity contribution in [2.24, 2.45) is 34.6 Å². The molecule has 0 fully saturated rings. The van der Waals surface area contributed by atoms with Gasteiger partial charge in [-0.2, -0.15) is 0 Å². The number of carbonyl (C=O) groups is 22. The van der Waals surface area contributed by atoms with Crippen LogP contribution >= 0.6 is 0 Å². The summed E-state index contributed by atoms with van der Waals surface area (Å²) in [7, 11) is 0. The fraction of sp³-hybridized carbons (Fsp3) is 0.537. The second-order valence-electron chi connectivity index (χ2n) is 31.2. The predicted molar refractivity (Wildman–Crippen MR) is 455 cm³/mol. The molecule has 3 aromatic rings. The summed E-state index contributed by atoms with van der Waals surface area (Å²) in [6.07, 6.45) is -10.5. The van der Waals surface area contributed by atoms with Crippen LogP contribution < -0.4 is 108 Å². The van der Waals surface area contributed by atoms with E-state index < -0.39 is 329 Å². The first-order chi connectivity index (χ1) is 61.9. The monoisotopic (exact) mass is 1870 g/mol. The fourth-order valence-electron chi connectivity index (χ4n) is 12.4. The molecule has 0 radical (unpaired) electrons. The SMILES string of the molecule is CC(C)[C@H](NC(=O)[C@H](CC(=O)O)NC(=O)[C@@H](N)Cc1cnc[nH]1)C(=O)N[C@@H](CCC(=O)O)C(=O)N[C@H](C(=O)N[C@@H](CCC(N)=O)C(=O)N[C@@H](Cc1ccccc1)C(=O)N[C@@H](CC(N)=O)C(=O)N[C@@H](CCC(N)=O)C(=O)N[C@@H](Cc1ccc(O)cc1)C(=O)N[C@@H](CCCCN)C(=O)N[C@H](C(=O)N[C@@H](CCC(=O)O)C(=O)N[C@@H](C)C(=O)N[C@@H](C)C(=O)N[C@@H](CO)C(=O)O)[C@@H](C)O)[C@@H](C)O. The number of unbranched alkanes of at least 4 members (excludes halogenated alkanes) is 1. The Morgan fingerprint density at radius 1 is 0.364 bits per heavy atom. The zero-order valence-corrected chi connectivity index (χ0v) is 72.9. The quantitative estimate of drug-likeness (QED) is 0.0233. The maximum absolute atomic E-state index is 14.8. The molecule has 0 bridgehead atoms. The number of amides is 18. The highest BCUT2D eigenvalue weighted by Crippen LogP contribution is 2.17. The van der Waals surface area contributed by atoms with Gasteiger partial charge < -0.3 is 154 Å². The number of aromatic nitrogens is 2. The number of aliphatic hydroxyl groups is 3. The van der Waals surface area contributed by atoms with Crippen molar-refractivity contribution in [1.29, 1.82) is 0 Å². The molecule has 0 saturated heterocycles. The zero-order chi connectivity index (χ0) is 99.5. The lowest BCUT2D eigenvalue weighted by molar-refractivity contribution is -0.143. The number of nitrogens with zero attached hydrogens (tertiary/aromatic N) is 1. The van der Waals surface area contributed by atoms with Crippen molar-refractivity contribution < 1.29 is 146 Å². The van der Waals surface area contributed by atoms with Gasteiger partial charge in [0.25, 0.3) is 0 Å². The molecule has 0 spiro atoms. The lowest BCUT2D eigenvalue weighted by atomic mass is 10.0. The minimum atomic E-state index is -2.15. The number of nitrogens with one attached hydrogen (secondary N) is 16. The van der Waals surface area contributed by atoms with Gasteiger partial charge in [0.2, 0.25) is 106 Å². The highest BCUT2D eigenvalue weighted by molar-refractivity contribution is 6.02. The molecule has 0 saturated carbocycles.